The van der Waals surface area contributed by atoms with Crippen molar-refractivity contribution in [2.24, 2.45) is 17.6 Å². The van der Waals surface area contributed by atoms with Crippen LogP contribution in [0.25, 0.3) is 0 Å². The lowest BCUT2D eigenvalue weighted by atomic mass is 9.77. The normalized spacial score (nSPS) is 24.1. The number of Topliss-reactive ketones (excluding diaryl/α,β-unsaturated/α-hetero) is 1. The molecule has 1 aromatic rings. The second kappa shape index (κ2) is 6.14. The van der Waals surface area contributed by atoms with Gasteiger partial charge in [0.2, 0.25) is 5.78 Å². The summed E-state index contributed by atoms with van der Waals surface area (Å²) in [7, 11) is 0. The lowest BCUT2D eigenvalue weighted by molar-refractivity contribution is 0.0813. The molecule has 1 saturated carbocycles. The number of ketones is 1. The molecule has 18 heavy (non-hydrogen) atoms. The monoisotopic (exact) mass is 249 g/mol. The van der Waals surface area contributed by atoms with Crippen LogP contribution < -0.4 is 5.73 Å². The van der Waals surface area contributed by atoms with Crippen molar-refractivity contribution in [3.63, 3.8) is 0 Å². The Balaban J connectivity index is 2.16. The minimum absolute atomic E-state index is 0.0850. The summed E-state index contributed by atoms with van der Waals surface area (Å²) in [5.74, 6) is 1.26. The Morgan fingerprint density at radius 3 is 3.00 bits per heavy atom. The summed E-state index contributed by atoms with van der Waals surface area (Å²) in [4.78, 5) is 16.8. The molecule has 100 valence electrons. The molecule has 2 rings (SSSR count). The third-order valence-corrected chi connectivity index (χ3v) is 3.95. The minimum Gasteiger partial charge on any atom is -0.330 e. The van der Waals surface area contributed by atoms with Crippen molar-refractivity contribution < 1.29 is 4.79 Å². The van der Waals surface area contributed by atoms with Gasteiger partial charge < -0.3 is 10.3 Å². The maximum atomic E-state index is 12.6. The first-order chi connectivity index (χ1) is 8.77. The molecule has 0 saturated heterocycles. The molecule has 2 unspecified atom stereocenters. The average Bonchev–Trinajstić information content (AvgIpc) is 2.86. The molecule has 0 radical (unpaired) electrons. The van der Waals surface area contributed by atoms with E-state index in [-0.39, 0.29) is 11.7 Å². The quantitative estimate of drug-likeness (QED) is 0.814. The van der Waals surface area contributed by atoms with E-state index in [2.05, 4.69) is 11.9 Å². The number of aryl methyl sites for hydroxylation is 1. The SMILES string of the molecule is CCCn1ccnc1C(=O)C1CCCCC1CN. The molecular weight excluding hydrogens is 226 g/mol. The number of carbonyl (C=O) groups excluding carboxylic acids is 1. The third-order valence-electron chi connectivity index (χ3n) is 3.95. The van der Waals surface area contributed by atoms with Gasteiger partial charge in [-0.15, -0.1) is 0 Å². The van der Waals surface area contributed by atoms with E-state index in [1.807, 2.05) is 10.8 Å². The summed E-state index contributed by atoms with van der Waals surface area (Å²) in [5, 5.41) is 0. The van der Waals surface area contributed by atoms with Crippen molar-refractivity contribution in [2.75, 3.05) is 6.54 Å². The van der Waals surface area contributed by atoms with Gasteiger partial charge in [-0.3, -0.25) is 4.79 Å². The predicted octanol–water partition coefficient (Wildman–Crippen LogP) is 2.24. The zero-order chi connectivity index (χ0) is 13.0. The number of rotatable bonds is 5. The molecule has 1 heterocycles. The van der Waals surface area contributed by atoms with Crippen LogP contribution in [0, 0.1) is 11.8 Å². The minimum atomic E-state index is 0.0850. The second-order valence-corrected chi connectivity index (χ2v) is 5.20. The van der Waals surface area contributed by atoms with E-state index < -0.39 is 0 Å². The summed E-state index contributed by atoms with van der Waals surface area (Å²) in [6, 6.07) is 0. The Morgan fingerprint density at radius 1 is 1.50 bits per heavy atom. The van der Waals surface area contributed by atoms with Crippen LogP contribution in [0.2, 0.25) is 0 Å². The Bertz CT molecular complexity index is 399. The third kappa shape index (κ3) is 2.64. The topological polar surface area (TPSA) is 60.9 Å². The standard InChI is InChI=1S/C14H23N3O/c1-2-8-17-9-7-16-14(17)13(18)12-6-4-3-5-11(12)10-15/h7,9,11-12H,2-6,8,10,15H2,1H3. The highest BCUT2D eigenvalue weighted by Crippen LogP contribution is 2.31. The van der Waals surface area contributed by atoms with Crippen LogP contribution in [0.15, 0.2) is 12.4 Å². The zero-order valence-electron chi connectivity index (χ0n) is 11.1. The molecule has 2 atom stereocenters. The van der Waals surface area contributed by atoms with Gasteiger partial charge in [0.05, 0.1) is 0 Å². The highest BCUT2D eigenvalue weighted by Gasteiger charge is 2.32. The molecule has 0 aromatic carbocycles. The molecule has 1 fully saturated rings. The lowest BCUT2D eigenvalue weighted by Crippen LogP contribution is -2.33. The van der Waals surface area contributed by atoms with Crippen molar-refractivity contribution in [3.8, 4) is 0 Å². The van der Waals surface area contributed by atoms with Gasteiger partial charge in [-0.25, -0.2) is 4.98 Å². The second-order valence-electron chi connectivity index (χ2n) is 5.20. The first-order valence-electron chi connectivity index (χ1n) is 7.03. The maximum absolute atomic E-state index is 12.6. The van der Waals surface area contributed by atoms with E-state index in [1.54, 1.807) is 6.20 Å². The highest BCUT2D eigenvalue weighted by molar-refractivity contribution is 5.95. The molecule has 0 amide bonds. The van der Waals surface area contributed by atoms with E-state index in [0.29, 0.717) is 18.3 Å². The van der Waals surface area contributed by atoms with Gasteiger partial charge in [-0.1, -0.05) is 19.8 Å². The van der Waals surface area contributed by atoms with Crippen LogP contribution in [0.3, 0.4) is 0 Å². The number of nitrogens with zero attached hydrogens (tertiary/aromatic N) is 2. The summed E-state index contributed by atoms with van der Waals surface area (Å²) in [6.07, 6.45) is 9.04. The average molecular weight is 249 g/mol. The number of aromatic nitrogens is 2. The molecule has 0 spiro atoms. The fourth-order valence-electron chi connectivity index (χ4n) is 2.96. The van der Waals surface area contributed by atoms with Crippen LogP contribution in [0.4, 0.5) is 0 Å². The number of hydrogen-bond donors (Lipinski definition) is 1. The van der Waals surface area contributed by atoms with Crippen LogP contribution in [0.1, 0.15) is 49.6 Å². The molecule has 2 N–H and O–H groups in total. The maximum Gasteiger partial charge on any atom is 0.201 e. The Labute approximate surface area is 109 Å². The summed E-state index contributed by atoms with van der Waals surface area (Å²) < 4.78 is 1.98. The Hall–Kier alpha value is -1.16. The van der Waals surface area contributed by atoms with E-state index in [9.17, 15) is 4.79 Å². The number of imidazole rings is 1. The number of hydrogen-bond acceptors (Lipinski definition) is 3. The Kier molecular flexibility index (Phi) is 4.53. The van der Waals surface area contributed by atoms with Crippen molar-refractivity contribution >= 4 is 5.78 Å². The first kappa shape index (κ1) is 13.3. The largest absolute Gasteiger partial charge is 0.330 e. The zero-order valence-corrected chi connectivity index (χ0v) is 11.1. The fraction of sp³-hybridized carbons (Fsp3) is 0.714. The van der Waals surface area contributed by atoms with E-state index in [4.69, 9.17) is 5.73 Å². The van der Waals surface area contributed by atoms with Gasteiger partial charge in [0.15, 0.2) is 5.82 Å². The van der Waals surface area contributed by atoms with Gasteiger partial charge in [-0.05, 0) is 31.7 Å². The molecule has 4 heteroatoms. The first-order valence-corrected chi connectivity index (χ1v) is 7.03. The van der Waals surface area contributed by atoms with Crippen molar-refractivity contribution in [3.05, 3.63) is 18.2 Å². The Morgan fingerprint density at radius 2 is 2.28 bits per heavy atom. The number of nitrogens with two attached hydrogens (primary N) is 1. The number of carbonyl (C=O) groups is 1. The van der Waals surface area contributed by atoms with Crippen molar-refractivity contribution in [2.45, 2.75) is 45.6 Å². The van der Waals surface area contributed by atoms with Crippen molar-refractivity contribution in [1.82, 2.24) is 9.55 Å². The lowest BCUT2D eigenvalue weighted by Gasteiger charge is -2.29. The van der Waals surface area contributed by atoms with E-state index in [0.717, 1.165) is 32.2 Å². The molecule has 0 aliphatic heterocycles. The van der Waals surface area contributed by atoms with E-state index in [1.165, 1.54) is 6.42 Å². The van der Waals surface area contributed by atoms with Crippen LogP contribution in [0.5, 0.6) is 0 Å². The summed E-state index contributed by atoms with van der Waals surface area (Å²) in [5.41, 5.74) is 5.80. The molecule has 0 bridgehead atoms. The van der Waals surface area contributed by atoms with Gasteiger partial charge in [-0.2, -0.15) is 0 Å². The molecule has 1 aliphatic rings. The molecule has 1 aromatic heterocycles. The molecular formula is C14H23N3O. The van der Waals surface area contributed by atoms with Crippen molar-refractivity contribution in [1.29, 1.82) is 0 Å². The van der Waals surface area contributed by atoms with Gasteiger partial charge in [0.1, 0.15) is 0 Å². The summed E-state index contributed by atoms with van der Waals surface area (Å²) in [6.45, 7) is 3.59. The van der Waals surface area contributed by atoms with Crippen LogP contribution >= 0.6 is 0 Å². The van der Waals surface area contributed by atoms with Gasteiger partial charge in [0.25, 0.3) is 0 Å². The van der Waals surface area contributed by atoms with Gasteiger partial charge in [0, 0.05) is 24.9 Å². The predicted molar refractivity (Wildman–Crippen MR) is 71.4 cm³/mol. The fourth-order valence-corrected chi connectivity index (χ4v) is 2.96. The van der Waals surface area contributed by atoms with Crippen LogP contribution in [-0.2, 0) is 6.54 Å². The van der Waals surface area contributed by atoms with Crippen LogP contribution in [-0.4, -0.2) is 21.9 Å². The van der Waals surface area contributed by atoms with E-state index >= 15 is 0 Å². The molecule has 4 nitrogen and oxygen atoms in total. The smallest absolute Gasteiger partial charge is 0.201 e. The molecule has 1 aliphatic carbocycles. The summed E-state index contributed by atoms with van der Waals surface area (Å²) >= 11 is 0. The van der Waals surface area contributed by atoms with Gasteiger partial charge >= 0.3 is 0 Å². The highest BCUT2D eigenvalue weighted by atomic mass is 16.1.